The summed E-state index contributed by atoms with van der Waals surface area (Å²) in [5.41, 5.74) is 1.72. The van der Waals surface area contributed by atoms with Crippen molar-refractivity contribution in [2.75, 3.05) is 0 Å². The van der Waals surface area contributed by atoms with Gasteiger partial charge in [0.25, 0.3) is 0 Å². The van der Waals surface area contributed by atoms with Gasteiger partial charge in [0, 0.05) is 5.41 Å². The fourth-order valence-corrected chi connectivity index (χ4v) is 5.58. The molecule has 2 aromatic rings. The van der Waals surface area contributed by atoms with Gasteiger partial charge in [0.2, 0.25) is 0 Å². The molecule has 0 heterocycles. The largest absolute Gasteiger partial charge is 0.505 e. The molecule has 2 aromatic carbocycles. The molecule has 0 unspecified atom stereocenters. The molecule has 0 aliphatic heterocycles. The van der Waals surface area contributed by atoms with Crippen LogP contribution in [-0.2, 0) is 5.41 Å². The van der Waals surface area contributed by atoms with E-state index >= 15 is 0 Å². The third kappa shape index (κ3) is 4.19. The second-order valence-electron chi connectivity index (χ2n) is 8.78. The van der Waals surface area contributed by atoms with Crippen LogP contribution in [0.1, 0.15) is 64.0 Å². The predicted molar refractivity (Wildman–Crippen MR) is 123 cm³/mol. The average Bonchev–Trinajstić information content (AvgIpc) is 2.69. The van der Waals surface area contributed by atoms with Crippen molar-refractivity contribution >= 4 is 46.4 Å². The van der Waals surface area contributed by atoms with Gasteiger partial charge < -0.3 is 10.2 Å². The van der Waals surface area contributed by atoms with Crippen molar-refractivity contribution in [1.29, 1.82) is 0 Å². The molecule has 0 bridgehead atoms. The number of phenols is 2. The highest BCUT2D eigenvalue weighted by Crippen LogP contribution is 2.53. The van der Waals surface area contributed by atoms with Gasteiger partial charge in [-0.3, -0.25) is 0 Å². The number of aromatic hydroxyl groups is 2. The van der Waals surface area contributed by atoms with Crippen LogP contribution in [0, 0.1) is 11.3 Å². The summed E-state index contributed by atoms with van der Waals surface area (Å²) >= 11 is 25.1. The van der Waals surface area contributed by atoms with E-state index < -0.39 is 5.41 Å². The maximum atomic E-state index is 10.0. The van der Waals surface area contributed by atoms with Gasteiger partial charge in [-0.25, -0.2) is 0 Å². The minimum absolute atomic E-state index is 0.116. The maximum Gasteiger partial charge on any atom is 0.152 e. The van der Waals surface area contributed by atoms with Gasteiger partial charge in [-0.05, 0) is 72.4 Å². The van der Waals surface area contributed by atoms with Crippen LogP contribution in [0.25, 0.3) is 0 Å². The molecule has 0 amide bonds. The number of hydrogen-bond donors (Lipinski definition) is 2. The quantitative estimate of drug-likeness (QED) is 0.464. The molecule has 1 fully saturated rings. The highest BCUT2D eigenvalue weighted by atomic mass is 35.5. The second kappa shape index (κ2) is 8.38. The summed E-state index contributed by atoms with van der Waals surface area (Å²) in [6.45, 7) is 6.89. The lowest BCUT2D eigenvalue weighted by Crippen LogP contribution is -2.37. The lowest BCUT2D eigenvalue weighted by atomic mass is 9.58. The smallest absolute Gasteiger partial charge is 0.152 e. The van der Waals surface area contributed by atoms with Gasteiger partial charge in [-0.1, -0.05) is 73.6 Å². The van der Waals surface area contributed by atoms with Crippen LogP contribution in [0.5, 0.6) is 11.5 Å². The van der Waals surface area contributed by atoms with E-state index in [0.717, 1.165) is 43.2 Å². The summed E-state index contributed by atoms with van der Waals surface area (Å²) in [6, 6.07) is 7.12. The van der Waals surface area contributed by atoms with Gasteiger partial charge in [-0.2, -0.15) is 0 Å². The van der Waals surface area contributed by atoms with Crippen molar-refractivity contribution in [2.45, 2.75) is 58.3 Å². The molecule has 1 saturated carbocycles. The van der Waals surface area contributed by atoms with Gasteiger partial charge in [0.15, 0.2) is 11.5 Å². The Morgan fingerprint density at radius 3 is 1.48 bits per heavy atom. The molecule has 0 saturated heterocycles. The number of phenolic OH excluding ortho intramolecular Hbond substituents is 2. The third-order valence-electron chi connectivity index (χ3n) is 6.99. The first-order valence-electron chi connectivity index (χ1n) is 9.89. The maximum absolute atomic E-state index is 10.0. The number of rotatable bonds is 4. The highest BCUT2D eigenvalue weighted by Gasteiger charge is 2.43. The van der Waals surface area contributed by atoms with E-state index in [0.29, 0.717) is 5.92 Å². The molecule has 0 aromatic heterocycles. The minimum atomic E-state index is -0.401. The number of hydrogen-bond acceptors (Lipinski definition) is 2. The molecule has 158 valence electrons. The standard InChI is InChI=1S/C23H26Cl4O2/c1-4-22(2,3)13-5-7-23(8-6-13,14-9-16(24)20(28)17(25)10-14)15-11-18(26)21(29)19(27)12-15/h9-13,28-29H,4-8H2,1-3H3. The van der Waals surface area contributed by atoms with Crippen LogP contribution < -0.4 is 0 Å². The van der Waals surface area contributed by atoms with E-state index in [-0.39, 0.29) is 37.0 Å². The van der Waals surface area contributed by atoms with Crippen LogP contribution in [0.2, 0.25) is 20.1 Å². The monoisotopic (exact) mass is 474 g/mol. The molecule has 0 spiro atoms. The van der Waals surface area contributed by atoms with Crippen LogP contribution in [0.4, 0.5) is 0 Å². The molecule has 2 N–H and O–H groups in total. The summed E-state index contributed by atoms with van der Waals surface area (Å²) in [7, 11) is 0. The van der Waals surface area contributed by atoms with E-state index in [9.17, 15) is 10.2 Å². The van der Waals surface area contributed by atoms with Gasteiger partial charge >= 0.3 is 0 Å². The Balaban J connectivity index is 2.14. The summed E-state index contributed by atoms with van der Waals surface area (Å²) in [4.78, 5) is 0. The zero-order valence-corrected chi connectivity index (χ0v) is 19.9. The Kier molecular flexibility index (Phi) is 6.61. The van der Waals surface area contributed by atoms with Crippen molar-refractivity contribution in [3.63, 3.8) is 0 Å². The Labute approximate surface area is 192 Å². The predicted octanol–water partition coefficient (Wildman–Crippen LogP) is 8.62. The van der Waals surface area contributed by atoms with Crippen LogP contribution in [-0.4, -0.2) is 10.2 Å². The fourth-order valence-electron chi connectivity index (χ4n) is 4.61. The van der Waals surface area contributed by atoms with Crippen LogP contribution in [0.15, 0.2) is 24.3 Å². The van der Waals surface area contributed by atoms with Crippen LogP contribution >= 0.6 is 46.4 Å². The molecule has 1 aliphatic rings. The molecular formula is C23H26Cl4O2. The number of halogens is 4. The minimum Gasteiger partial charge on any atom is -0.505 e. The molecule has 29 heavy (non-hydrogen) atoms. The van der Waals surface area contributed by atoms with E-state index in [1.165, 1.54) is 0 Å². The van der Waals surface area contributed by atoms with Gasteiger partial charge in [0.05, 0.1) is 20.1 Å². The lowest BCUT2D eigenvalue weighted by molar-refractivity contribution is 0.125. The fraction of sp³-hybridized carbons (Fsp3) is 0.478. The first-order valence-corrected chi connectivity index (χ1v) is 11.4. The van der Waals surface area contributed by atoms with E-state index in [4.69, 9.17) is 46.4 Å². The molecule has 3 rings (SSSR count). The third-order valence-corrected chi connectivity index (χ3v) is 8.15. The van der Waals surface area contributed by atoms with Crippen molar-refractivity contribution in [3.8, 4) is 11.5 Å². The molecule has 6 heteroatoms. The topological polar surface area (TPSA) is 40.5 Å². The van der Waals surface area contributed by atoms with E-state index in [1.807, 2.05) is 0 Å². The highest BCUT2D eigenvalue weighted by molar-refractivity contribution is 6.37. The Hall–Kier alpha value is -0.800. The van der Waals surface area contributed by atoms with Gasteiger partial charge in [0.1, 0.15) is 0 Å². The van der Waals surface area contributed by atoms with E-state index in [2.05, 4.69) is 20.8 Å². The molecule has 0 radical (unpaired) electrons. The van der Waals surface area contributed by atoms with Crippen LogP contribution in [0.3, 0.4) is 0 Å². The van der Waals surface area contributed by atoms with Crippen molar-refractivity contribution < 1.29 is 10.2 Å². The summed E-state index contributed by atoms with van der Waals surface area (Å²) in [6.07, 6.45) is 4.93. The summed E-state index contributed by atoms with van der Waals surface area (Å²) in [5, 5.41) is 21.0. The Bertz CT molecular complexity index is 810. The Morgan fingerprint density at radius 1 is 0.828 bits per heavy atom. The Morgan fingerprint density at radius 2 is 1.17 bits per heavy atom. The SMILES string of the molecule is CCC(C)(C)C1CCC(c2cc(Cl)c(O)c(Cl)c2)(c2cc(Cl)c(O)c(Cl)c2)CC1. The molecule has 0 atom stereocenters. The summed E-state index contributed by atoms with van der Waals surface area (Å²) in [5.74, 6) is 0.372. The lowest BCUT2D eigenvalue weighted by Gasteiger charge is -2.46. The van der Waals surface area contributed by atoms with Crippen molar-refractivity contribution in [1.82, 2.24) is 0 Å². The second-order valence-corrected chi connectivity index (χ2v) is 10.4. The average molecular weight is 476 g/mol. The molecular weight excluding hydrogens is 450 g/mol. The zero-order chi connectivity index (χ0) is 21.6. The van der Waals surface area contributed by atoms with Crippen molar-refractivity contribution in [2.24, 2.45) is 11.3 Å². The molecule has 1 aliphatic carbocycles. The molecule has 2 nitrogen and oxygen atoms in total. The summed E-state index contributed by atoms with van der Waals surface area (Å²) < 4.78 is 0. The first-order chi connectivity index (χ1) is 13.5. The normalized spacial score (nSPS) is 17.5. The van der Waals surface area contributed by atoms with Crippen molar-refractivity contribution in [3.05, 3.63) is 55.5 Å². The number of benzene rings is 2. The zero-order valence-electron chi connectivity index (χ0n) is 16.8. The first kappa shape index (κ1) is 22.9. The van der Waals surface area contributed by atoms with Gasteiger partial charge in [-0.15, -0.1) is 0 Å². The van der Waals surface area contributed by atoms with E-state index in [1.54, 1.807) is 24.3 Å².